The minimum Gasteiger partial charge on any atom is -0.396 e. The summed E-state index contributed by atoms with van der Waals surface area (Å²) in [6.45, 7) is -0.388. The van der Waals surface area contributed by atoms with E-state index < -0.39 is 14.1 Å². The van der Waals surface area contributed by atoms with E-state index in [1.807, 2.05) is 0 Å². The van der Waals surface area contributed by atoms with Crippen LogP contribution in [0.5, 0.6) is 0 Å². The van der Waals surface area contributed by atoms with Gasteiger partial charge >= 0.3 is 7.82 Å². The van der Waals surface area contributed by atoms with Crippen molar-refractivity contribution in [3.05, 3.63) is 0 Å². The van der Waals surface area contributed by atoms with Crippen LogP contribution in [0.4, 0.5) is 0 Å². The van der Waals surface area contributed by atoms with Crippen molar-refractivity contribution in [2.24, 2.45) is 0 Å². The van der Waals surface area contributed by atoms with Gasteiger partial charge < -0.3 is 20.0 Å². The number of phosphoric ester groups is 1. The predicted molar refractivity (Wildman–Crippen MR) is 30.8 cm³/mol. The van der Waals surface area contributed by atoms with Crippen LogP contribution in [0.2, 0.25) is 0 Å². The van der Waals surface area contributed by atoms with E-state index in [1.54, 1.807) is 0 Å². The monoisotopic (exact) mass is 172 g/mol. The molecule has 0 aliphatic heterocycles. The summed E-state index contributed by atoms with van der Waals surface area (Å²) >= 11 is 0. The maximum atomic E-state index is 9.95. The summed E-state index contributed by atoms with van der Waals surface area (Å²) in [6.07, 6.45) is -1.82. The summed E-state index contributed by atoms with van der Waals surface area (Å²) in [6, 6.07) is 0. The maximum Gasteiger partial charge on any atom is 0.471 e. The molecular formula is C3H9O6P. The van der Waals surface area contributed by atoms with Crippen LogP contribution in [0.25, 0.3) is 0 Å². The third-order valence-corrected chi connectivity index (χ3v) is 1.15. The van der Waals surface area contributed by atoms with Crippen molar-refractivity contribution in [2.45, 2.75) is 12.7 Å². The lowest BCUT2D eigenvalue weighted by atomic mass is 10.5. The van der Waals surface area contributed by atoms with E-state index in [-0.39, 0.29) is 13.0 Å². The third kappa shape index (κ3) is 6.15. The van der Waals surface area contributed by atoms with Crippen molar-refractivity contribution < 1.29 is 29.1 Å². The highest BCUT2D eigenvalue weighted by Gasteiger charge is 2.19. The molecule has 4 N–H and O–H groups in total. The first-order valence-corrected chi connectivity index (χ1v) is 4.01. The van der Waals surface area contributed by atoms with Crippen LogP contribution in [-0.4, -0.2) is 32.9 Å². The van der Waals surface area contributed by atoms with Gasteiger partial charge in [-0.3, -0.25) is 4.52 Å². The van der Waals surface area contributed by atoms with Crippen LogP contribution >= 0.6 is 7.82 Å². The van der Waals surface area contributed by atoms with E-state index in [9.17, 15) is 4.57 Å². The number of phosphoric acid groups is 1. The van der Waals surface area contributed by atoms with E-state index in [0.29, 0.717) is 0 Å². The molecule has 0 aromatic heterocycles. The SMILES string of the molecule is O=P(O)(O)OC(O)CCO. The summed E-state index contributed by atoms with van der Waals surface area (Å²) < 4.78 is 13.7. The highest BCUT2D eigenvalue weighted by Crippen LogP contribution is 2.37. The summed E-state index contributed by atoms with van der Waals surface area (Å²) in [5, 5.41) is 16.7. The van der Waals surface area contributed by atoms with Gasteiger partial charge in [0.05, 0.1) is 0 Å². The smallest absolute Gasteiger partial charge is 0.396 e. The summed E-state index contributed by atoms with van der Waals surface area (Å²) in [7, 11) is -4.61. The molecule has 0 saturated heterocycles. The number of aliphatic hydroxyl groups is 2. The number of aliphatic hydroxyl groups excluding tert-OH is 2. The lowest BCUT2D eigenvalue weighted by Crippen LogP contribution is -2.11. The molecule has 6 nitrogen and oxygen atoms in total. The zero-order chi connectivity index (χ0) is 8.20. The van der Waals surface area contributed by atoms with Gasteiger partial charge in [-0.05, 0) is 0 Å². The first-order chi connectivity index (χ1) is 4.45. The van der Waals surface area contributed by atoms with Gasteiger partial charge in [-0.25, -0.2) is 4.57 Å². The Morgan fingerprint density at radius 3 is 2.30 bits per heavy atom. The van der Waals surface area contributed by atoms with E-state index in [0.717, 1.165) is 0 Å². The van der Waals surface area contributed by atoms with E-state index >= 15 is 0 Å². The Hall–Kier alpha value is 0.0300. The van der Waals surface area contributed by atoms with Gasteiger partial charge in [0, 0.05) is 13.0 Å². The second kappa shape index (κ2) is 4.02. The van der Waals surface area contributed by atoms with Crippen molar-refractivity contribution in [1.82, 2.24) is 0 Å². The lowest BCUT2D eigenvalue weighted by molar-refractivity contribution is -0.0494. The maximum absolute atomic E-state index is 9.95. The topological polar surface area (TPSA) is 107 Å². The van der Waals surface area contributed by atoms with Gasteiger partial charge in [0.2, 0.25) is 0 Å². The Morgan fingerprint density at radius 2 is 2.00 bits per heavy atom. The van der Waals surface area contributed by atoms with Crippen LogP contribution < -0.4 is 0 Å². The molecule has 0 bridgehead atoms. The van der Waals surface area contributed by atoms with Crippen LogP contribution in [0.15, 0.2) is 0 Å². The van der Waals surface area contributed by atoms with E-state index in [2.05, 4.69) is 4.52 Å². The fraction of sp³-hybridized carbons (Fsp3) is 1.00. The summed E-state index contributed by atoms with van der Waals surface area (Å²) in [5.74, 6) is 0. The number of rotatable bonds is 4. The second-order valence-electron chi connectivity index (χ2n) is 1.56. The van der Waals surface area contributed by atoms with Gasteiger partial charge in [0.15, 0.2) is 6.29 Å². The quantitative estimate of drug-likeness (QED) is 0.313. The molecule has 0 aliphatic rings. The Bertz CT molecular complexity index is 129. The highest BCUT2D eigenvalue weighted by molar-refractivity contribution is 7.46. The van der Waals surface area contributed by atoms with Gasteiger partial charge in [-0.15, -0.1) is 0 Å². The average Bonchev–Trinajstić information content (AvgIpc) is 1.59. The molecule has 7 heteroatoms. The number of hydrogen-bond donors (Lipinski definition) is 4. The molecule has 1 unspecified atom stereocenters. The molecule has 62 valence electrons. The first-order valence-electron chi connectivity index (χ1n) is 2.48. The molecule has 0 aromatic rings. The molecule has 0 rings (SSSR count). The van der Waals surface area contributed by atoms with Gasteiger partial charge in [0.25, 0.3) is 0 Å². The molecule has 0 amide bonds. The molecule has 0 radical (unpaired) electrons. The standard InChI is InChI=1S/C3H9O6P/c4-2-1-3(5)9-10(6,7)8/h3-5H,1-2H2,(H2,6,7,8). The lowest BCUT2D eigenvalue weighted by Gasteiger charge is -2.09. The molecule has 0 aliphatic carbocycles. The second-order valence-corrected chi connectivity index (χ2v) is 2.75. The van der Waals surface area contributed by atoms with Gasteiger partial charge in [0.1, 0.15) is 0 Å². The molecule has 0 fully saturated rings. The largest absolute Gasteiger partial charge is 0.471 e. The number of hydrogen-bond acceptors (Lipinski definition) is 4. The van der Waals surface area contributed by atoms with Crippen LogP contribution in [0, 0.1) is 0 Å². The van der Waals surface area contributed by atoms with E-state index in [1.165, 1.54) is 0 Å². The molecule has 10 heavy (non-hydrogen) atoms. The summed E-state index contributed by atoms with van der Waals surface area (Å²) in [5.41, 5.74) is 0. The Balaban J connectivity index is 3.58. The van der Waals surface area contributed by atoms with Gasteiger partial charge in [-0.1, -0.05) is 0 Å². The van der Waals surface area contributed by atoms with Crippen molar-refractivity contribution >= 4 is 7.82 Å². The fourth-order valence-corrected chi connectivity index (χ4v) is 0.744. The van der Waals surface area contributed by atoms with Crippen molar-refractivity contribution in [1.29, 1.82) is 0 Å². The minimum atomic E-state index is -4.61. The molecular weight excluding hydrogens is 163 g/mol. The molecule has 0 saturated carbocycles. The van der Waals surface area contributed by atoms with Crippen molar-refractivity contribution in [2.75, 3.05) is 6.61 Å². The van der Waals surface area contributed by atoms with Crippen LogP contribution in [-0.2, 0) is 9.09 Å². The highest BCUT2D eigenvalue weighted by atomic mass is 31.2. The minimum absolute atomic E-state index is 0.217. The molecule has 0 aromatic carbocycles. The normalized spacial score (nSPS) is 15.2. The molecule has 0 spiro atoms. The molecule has 1 atom stereocenters. The zero-order valence-electron chi connectivity index (χ0n) is 5.04. The van der Waals surface area contributed by atoms with Crippen molar-refractivity contribution in [3.8, 4) is 0 Å². The Kier molecular flexibility index (Phi) is 4.04. The zero-order valence-corrected chi connectivity index (χ0v) is 5.94. The Labute approximate surface area is 57.3 Å². The molecule has 0 heterocycles. The van der Waals surface area contributed by atoms with Crippen LogP contribution in [0.3, 0.4) is 0 Å². The Morgan fingerprint density at radius 1 is 1.50 bits per heavy atom. The van der Waals surface area contributed by atoms with E-state index in [4.69, 9.17) is 20.0 Å². The average molecular weight is 172 g/mol. The van der Waals surface area contributed by atoms with Crippen molar-refractivity contribution in [3.63, 3.8) is 0 Å². The first kappa shape index (κ1) is 10.0. The summed E-state index contributed by atoms with van der Waals surface area (Å²) in [4.78, 5) is 16.1. The fourth-order valence-electron chi connectivity index (χ4n) is 0.322. The predicted octanol–water partition coefficient (Wildman–Crippen LogP) is -1.20. The third-order valence-electron chi connectivity index (χ3n) is 0.635. The van der Waals surface area contributed by atoms with Gasteiger partial charge in [-0.2, -0.15) is 0 Å². The van der Waals surface area contributed by atoms with Crippen LogP contribution in [0.1, 0.15) is 6.42 Å².